The quantitative estimate of drug-likeness (QED) is 0.855. The highest BCUT2D eigenvalue weighted by Gasteiger charge is 2.30. The molecule has 4 heteroatoms. The molecular weight excluding hydrogens is 228 g/mol. The topological polar surface area (TPSA) is 52.6 Å². The van der Waals surface area contributed by atoms with E-state index in [2.05, 4.69) is 38.2 Å². The maximum Gasteiger partial charge on any atom is 0.318 e. The summed E-state index contributed by atoms with van der Waals surface area (Å²) in [5.41, 5.74) is 4.89. The molecule has 98 valence electrons. The van der Waals surface area contributed by atoms with Crippen molar-refractivity contribution in [3.8, 4) is 0 Å². The van der Waals surface area contributed by atoms with E-state index in [4.69, 9.17) is 5.11 Å². The second-order valence-corrected chi connectivity index (χ2v) is 4.96. The highest BCUT2D eigenvalue weighted by atomic mass is 16.3. The van der Waals surface area contributed by atoms with Gasteiger partial charge in [0.15, 0.2) is 0 Å². The van der Waals surface area contributed by atoms with Crippen LogP contribution in [0.3, 0.4) is 0 Å². The van der Waals surface area contributed by atoms with Gasteiger partial charge in [0.25, 0.3) is 0 Å². The lowest BCUT2D eigenvalue weighted by Crippen LogP contribution is -2.30. The number of aryl methyl sites for hydroxylation is 3. The second kappa shape index (κ2) is 4.98. The van der Waals surface area contributed by atoms with E-state index in [1.54, 1.807) is 4.90 Å². The van der Waals surface area contributed by atoms with Crippen LogP contribution in [0.1, 0.15) is 28.3 Å². The third-order valence-corrected chi connectivity index (χ3v) is 3.62. The van der Waals surface area contributed by atoms with Gasteiger partial charge in [-0.05, 0) is 43.0 Å². The first kappa shape index (κ1) is 12.9. The Bertz CT molecular complexity index is 471. The Labute approximate surface area is 108 Å². The summed E-state index contributed by atoms with van der Waals surface area (Å²) in [4.78, 5) is 13.4. The number of aliphatic hydroxyl groups excluding tert-OH is 1. The van der Waals surface area contributed by atoms with E-state index >= 15 is 0 Å². The summed E-state index contributed by atoms with van der Waals surface area (Å²) in [5, 5.41) is 11.9. The summed E-state index contributed by atoms with van der Waals surface area (Å²) in [6.07, 6.45) is 0. The molecule has 1 unspecified atom stereocenters. The van der Waals surface area contributed by atoms with E-state index in [1.807, 2.05) is 0 Å². The first-order valence-electron chi connectivity index (χ1n) is 6.27. The summed E-state index contributed by atoms with van der Waals surface area (Å²) < 4.78 is 0. The van der Waals surface area contributed by atoms with Gasteiger partial charge >= 0.3 is 6.03 Å². The van der Waals surface area contributed by atoms with Crippen molar-refractivity contribution in [2.45, 2.75) is 26.8 Å². The molecule has 1 aromatic rings. The molecule has 1 heterocycles. The number of rotatable bonds is 3. The van der Waals surface area contributed by atoms with Crippen LogP contribution in [0.5, 0.6) is 0 Å². The molecule has 0 aromatic heterocycles. The van der Waals surface area contributed by atoms with Gasteiger partial charge in [-0.15, -0.1) is 0 Å². The molecule has 1 atom stereocenters. The third kappa shape index (κ3) is 2.34. The molecule has 0 radical (unpaired) electrons. The number of carbonyl (C=O) groups is 1. The minimum atomic E-state index is -0.0910. The zero-order valence-electron chi connectivity index (χ0n) is 11.2. The molecule has 0 spiro atoms. The van der Waals surface area contributed by atoms with Crippen molar-refractivity contribution in [2.75, 3.05) is 19.7 Å². The molecule has 2 amide bonds. The lowest BCUT2D eigenvalue weighted by Gasteiger charge is -2.16. The number of benzene rings is 1. The molecule has 2 rings (SSSR count). The predicted molar refractivity (Wildman–Crippen MR) is 70.6 cm³/mol. The molecule has 0 bridgehead atoms. The van der Waals surface area contributed by atoms with Crippen molar-refractivity contribution in [1.82, 2.24) is 10.2 Å². The minimum absolute atomic E-state index is 0.00600. The largest absolute Gasteiger partial charge is 0.395 e. The van der Waals surface area contributed by atoms with Crippen LogP contribution >= 0.6 is 0 Å². The van der Waals surface area contributed by atoms with E-state index in [9.17, 15) is 4.79 Å². The highest BCUT2D eigenvalue weighted by Crippen LogP contribution is 2.25. The summed E-state index contributed by atoms with van der Waals surface area (Å²) in [7, 11) is 0. The first-order valence-corrected chi connectivity index (χ1v) is 6.27. The maximum absolute atomic E-state index is 11.7. The van der Waals surface area contributed by atoms with E-state index < -0.39 is 0 Å². The van der Waals surface area contributed by atoms with Crippen molar-refractivity contribution < 1.29 is 9.90 Å². The minimum Gasteiger partial charge on any atom is -0.395 e. The monoisotopic (exact) mass is 248 g/mol. The molecule has 1 aromatic carbocycles. The van der Waals surface area contributed by atoms with Crippen molar-refractivity contribution in [2.24, 2.45) is 0 Å². The van der Waals surface area contributed by atoms with Crippen LogP contribution in [0.4, 0.5) is 4.79 Å². The molecule has 1 aliphatic heterocycles. The number of hydrogen-bond donors (Lipinski definition) is 2. The molecule has 0 aliphatic carbocycles. The van der Waals surface area contributed by atoms with E-state index in [0.29, 0.717) is 13.1 Å². The third-order valence-electron chi connectivity index (χ3n) is 3.62. The Morgan fingerprint density at radius 2 is 1.94 bits per heavy atom. The fourth-order valence-corrected chi connectivity index (χ4v) is 2.44. The Balaban J connectivity index is 2.23. The number of amides is 2. The van der Waals surface area contributed by atoms with Crippen LogP contribution in [-0.2, 0) is 0 Å². The molecule has 1 aliphatic rings. The van der Waals surface area contributed by atoms with E-state index in [1.165, 1.54) is 22.3 Å². The molecule has 0 saturated carbocycles. The van der Waals surface area contributed by atoms with Crippen LogP contribution in [0.25, 0.3) is 0 Å². The van der Waals surface area contributed by atoms with Crippen LogP contribution in [0.15, 0.2) is 12.1 Å². The maximum atomic E-state index is 11.7. The van der Waals surface area contributed by atoms with Gasteiger partial charge in [-0.2, -0.15) is 0 Å². The fraction of sp³-hybridized carbons (Fsp3) is 0.500. The van der Waals surface area contributed by atoms with Crippen molar-refractivity contribution in [3.63, 3.8) is 0 Å². The van der Waals surface area contributed by atoms with Crippen LogP contribution in [0, 0.1) is 20.8 Å². The summed E-state index contributed by atoms with van der Waals surface area (Å²) in [5.74, 6) is 0. The lowest BCUT2D eigenvalue weighted by atomic mass is 9.96. The lowest BCUT2D eigenvalue weighted by molar-refractivity contribution is 0.196. The van der Waals surface area contributed by atoms with Crippen molar-refractivity contribution in [3.05, 3.63) is 34.4 Å². The zero-order valence-corrected chi connectivity index (χ0v) is 11.2. The second-order valence-electron chi connectivity index (χ2n) is 4.96. The highest BCUT2D eigenvalue weighted by molar-refractivity contribution is 5.77. The number of nitrogens with one attached hydrogen (secondary N) is 1. The molecular formula is C14H20N2O2. The van der Waals surface area contributed by atoms with Crippen LogP contribution in [-0.4, -0.2) is 35.7 Å². The van der Waals surface area contributed by atoms with Gasteiger partial charge in [-0.1, -0.05) is 12.1 Å². The molecule has 4 nitrogen and oxygen atoms in total. The molecule has 2 N–H and O–H groups in total. The number of carbonyl (C=O) groups excluding carboxylic acids is 1. The first-order chi connectivity index (χ1) is 8.52. The number of aliphatic hydroxyl groups is 1. The van der Waals surface area contributed by atoms with Gasteiger partial charge in [0.05, 0.1) is 12.6 Å². The average Bonchev–Trinajstić information content (AvgIpc) is 2.66. The number of nitrogens with zero attached hydrogens (tertiary/aromatic N) is 1. The van der Waals surface area contributed by atoms with Gasteiger partial charge in [0.2, 0.25) is 0 Å². The van der Waals surface area contributed by atoms with Gasteiger partial charge in [-0.3, -0.25) is 0 Å². The standard InChI is InChI=1S/C14H20N2O2/c1-9-6-11(3)12(7-10(9)2)13-8-16(4-5-17)14(18)15-13/h6-7,13,17H,4-5,8H2,1-3H3,(H,15,18). The summed E-state index contributed by atoms with van der Waals surface area (Å²) >= 11 is 0. The van der Waals surface area contributed by atoms with E-state index in [-0.39, 0.29) is 18.7 Å². The van der Waals surface area contributed by atoms with Crippen molar-refractivity contribution in [1.29, 1.82) is 0 Å². The fourth-order valence-electron chi connectivity index (χ4n) is 2.44. The smallest absolute Gasteiger partial charge is 0.318 e. The SMILES string of the molecule is Cc1cc(C)c(C2CN(CCO)C(=O)N2)cc1C. The Kier molecular flexibility index (Phi) is 3.57. The number of β-amino-alcohol motifs (C(OH)–C–C–N with tert-alkyl or cyclic N) is 1. The predicted octanol–water partition coefficient (Wildman–Crippen LogP) is 1.67. The molecule has 18 heavy (non-hydrogen) atoms. The van der Waals surface area contributed by atoms with Crippen molar-refractivity contribution >= 4 is 6.03 Å². The normalized spacial score (nSPS) is 19.2. The molecule has 1 fully saturated rings. The van der Waals surface area contributed by atoms with Gasteiger partial charge in [0, 0.05) is 13.1 Å². The van der Waals surface area contributed by atoms with E-state index in [0.717, 1.165) is 0 Å². The summed E-state index contributed by atoms with van der Waals surface area (Å²) in [6.45, 7) is 7.28. The summed E-state index contributed by atoms with van der Waals surface area (Å²) in [6, 6.07) is 4.25. The average molecular weight is 248 g/mol. The zero-order chi connectivity index (χ0) is 13.3. The Morgan fingerprint density at radius 3 is 2.61 bits per heavy atom. The molecule has 1 saturated heterocycles. The Hall–Kier alpha value is -1.55. The Morgan fingerprint density at radius 1 is 1.28 bits per heavy atom. The number of urea groups is 1. The van der Waals surface area contributed by atoms with Gasteiger partial charge < -0.3 is 15.3 Å². The van der Waals surface area contributed by atoms with Crippen LogP contribution < -0.4 is 5.32 Å². The van der Waals surface area contributed by atoms with Gasteiger partial charge in [0.1, 0.15) is 0 Å². The number of hydrogen-bond acceptors (Lipinski definition) is 2. The van der Waals surface area contributed by atoms with Gasteiger partial charge in [-0.25, -0.2) is 4.79 Å². The van der Waals surface area contributed by atoms with Crippen LogP contribution in [0.2, 0.25) is 0 Å².